The number of ether oxygens (including phenoxy) is 1. The van der Waals surface area contributed by atoms with Crippen LogP contribution in [-0.2, 0) is 9.22 Å². The Kier molecular flexibility index (Phi) is 5.71. The molecule has 0 radical (unpaired) electrons. The molecule has 26 heavy (non-hydrogen) atoms. The Labute approximate surface area is 158 Å². The number of hydrogen-bond donors (Lipinski definition) is 0. The number of allylic oxidation sites excluding steroid dienone is 1. The molecule has 1 saturated heterocycles. The summed E-state index contributed by atoms with van der Waals surface area (Å²) in [5, 5.41) is 0.124. The van der Waals surface area contributed by atoms with Crippen molar-refractivity contribution in [1.29, 1.82) is 0 Å². The van der Waals surface area contributed by atoms with Crippen LogP contribution in [0.5, 0.6) is 5.75 Å². The minimum absolute atomic E-state index is 0.00987. The summed E-state index contributed by atoms with van der Waals surface area (Å²) >= 11 is 0. The van der Waals surface area contributed by atoms with Gasteiger partial charge in [0.2, 0.25) is 14.2 Å². The van der Waals surface area contributed by atoms with Gasteiger partial charge in [0.1, 0.15) is 5.75 Å². The number of rotatable bonds is 6. The Morgan fingerprint density at radius 3 is 2.31 bits per heavy atom. The standard InChI is InChI=1S/C21H31NO3Si/c1-15(25-26(7,8)21(3,4)5)9-14-19-16(2)20(23)22(19)17-10-12-18(24-6)13-11-17/h9-14,16,19H,1H2,2-8H3/b14-9+/t16-,19+/m1/s1. The molecular weight excluding hydrogens is 342 g/mol. The average Bonchev–Trinajstić information content (AvgIpc) is 2.56. The Morgan fingerprint density at radius 1 is 1.23 bits per heavy atom. The fraction of sp³-hybridized carbons (Fsp3) is 0.476. The molecule has 0 bridgehead atoms. The highest BCUT2D eigenvalue weighted by molar-refractivity contribution is 6.74. The number of hydrogen-bond acceptors (Lipinski definition) is 3. The van der Waals surface area contributed by atoms with Crippen LogP contribution in [0.25, 0.3) is 0 Å². The van der Waals surface area contributed by atoms with Gasteiger partial charge in [-0.05, 0) is 48.5 Å². The van der Waals surface area contributed by atoms with Crippen molar-refractivity contribution in [3.63, 3.8) is 0 Å². The van der Waals surface area contributed by atoms with E-state index in [1.54, 1.807) is 12.0 Å². The van der Waals surface area contributed by atoms with E-state index in [2.05, 4.69) is 40.4 Å². The van der Waals surface area contributed by atoms with Crippen LogP contribution in [0.2, 0.25) is 18.1 Å². The lowest BCUT2D eigenvalue weighted by Gasteiger charge is -2.44. The molecule has 1 aromatic rings. The van der Waals surface area contributed by atoms with Crippen molar-refractivity contribution < 1.29 is 14.0 Å². The van der Waals surface area contributed by atoms with E-state index < -0.39 is 8.32 Å². The molecule has 2 atom stereocenters. The first-order valence-electron chi connectivity index (χ1n) is 9.01. The molecule has 1 amide bonds. The molecule has 0 aliphatic carbocycles. The monoisotopic (exact) mass is 373 g/mol. The molecular formula is C21H31NO3Si. The zero-order valence-corrected chi connectivity index (χ0v) is 18.0. The van der Waals surface area contributed by atoms with E-state index in [0.29, 0.717) is 5.76 Å². The van der Waals surface area contributed by atoms with Crippen LogP contribution < -0.4 is 9.64 Å². The highest BCUT2D eigenvalue weighted by Crippen LogP contribution is 2.38. The average molecular weight is 374 g/mol. The van der Waals surface area contributed by atoms with Gasteiger partial charge < -0.3 is 14.1 Å². The maximum Gasteiger partial charge on any atom is 0.250 e. The van der Waals surface area contributed by atoms with Gasteiger partial charge >= 0.3 is 0 Å². The van der Waals surface area contributed by atoms with Crippen molar-refractivity contribution in [2.75, 3.05) is 12.0 Å². The van der Waals surface area contributed by atoms with Crippen LogP contribution in [0.15, 0.2) is 48.8 Å². The molecule has 0 aromatic heterocycles. The van der Waals surface area contributed by atoms with E-state index >= 15 is 0 Å². The van der Waals surface area contributed by atoms with Crippen molar-refractivity contribution in [3.05, 3.63) is 48.8 Å². The summed E-state index contributed by atoms with van der Waals surface area (Å²) in [6, 6.07) is 7.56. The first-order chi connectivity index (χ1) is 12.0. The number of amides is 1. The molecule has 5 heteroatoms. The molecule has 0 N–H and O–H groups in total. The van der Waals surface area contributed by atoms with Gasteiger partial charge in [-0.25, -0.2) is 0 Å². The summed E-state index contributed by atoms with van der Waals surface area (Å²) in [4.78, 5) is 14.2. The molecule has 1 aliphatic heterocycles. The maximum atomic E-state index is 12.3. The van der Waals surface area contributed by atoms with Crippen LogP contribution in [0.4, 0.5) is 5.69 Å². The Bertz CT molecular complexity index is 701. The topological polar surface area (TPSA) is 38.8 Å². The minimum Gasteiger partial charge on any atom is -0.544 e. The lowest BCUT2D eigenvalue weighted by Crippen LogP contribution is -2.59. The zero-order valence-electron chi connectivity index (χ0n) is 17.0. The molecule has 142 valence electrons. The number of β-lactam (4-membered cyclic amide) rings is 1. The fourth-order valence-corrected chi connectivity index (χ4v) is 3.70. The van der Waals surface area contributed by atoms with Crippen LogP contribution in [0.3, 0.4) is 0 Å². The van der Waals surface area contributed by atoms with Crippen molar-refractivity contribution >= 4 is 19.9 Å². The third-order valence-corrected chi connectivity index (χ3v) is 9.84. The van der Waals surface area contributed by atoms with Gasteiger partial charge in [-0.3, -0.25) is 4.79 Å². The largest absolute Gasteiger partial charge is 0.544 e. The van der Waals surface area contributed by atoms with Gasteiger partial charge in [0.15, 0.2) is 0 Å². The van der Waals surface area contributed by atoms with E-state index in [1.807, 2.05) is 43.3 Å². The quantitative estimate of drug-likeness (QED) is 0.300. The second-order valence-corrected chi connectivity index (χ2v) is 13.1. The predicted molar refractivity (Wildman–Crippen MR) is 110 cm³/mol. The second-order valence-electron chi connectivity index (χ2n) is 8.37. The smallest absolute Gasteiger partial charge is 0.250 e. The summed E-state index contributed by atoms with van der Waals surface area (Å²) in [5.74, 6) is 1.52. The molecule has 2 rings (SSSR count). The molecule has 0 unspecified atom stereocenters. The lowest BCUT2D eigenvalue weighted by molar-refractivity contribution is -0.128. The zero-order chi connectivity index (χ0) is 19.7. The first-order valence-corrected chi connectivity index (χ1v) is 11.9. The van der Waals surface area contributed by atoms with E-state index in [4.69, 9.17) is 9.16 Å². The predicted octanol–water partition coefficient (Wildman–Crippen LogP) is 5.14. The number of nitrogens with zero attached hydrogens (tertiary/aromatic N) is 1. The molecule has 0 spiro atoms. The van der Waals surface area contributed by atoms with E-state index in [0.717, 1.165) is 11.4 Å². The van der Waals surface area contributed by atoms with Crippen molar-refractivity contribution in [3.8, 4) is 5.75 Å². The Hall–Kier alpha value is -2.01. The molecule has 1 aromatic carbocycles. The molecule has 4 nitrogen and oxygen atoms in total. The number of carbonyl (C=O) groups excluding carboxylic acids is 1. The second kappa shape index (κ2) is 7.31. The minimum atomic E-state index is -1.90. The fourth-order valence-electron chi connectivity index (χ4n) is 2.67. The number of anilines is 1. The van der Waals surface area contributed by atoms with Crippen LogP contribution in [-0.4, -0.2) is 27.4 Å². The van der Waals surface area contributed by atoms with Crippen molar-refractivity contribution in [2.45, 2.75) is 51.9 Å². The summed E-state index contributed by atoms with van der Waals surface area (Å²) < 4.78 is 11.4. The molecule has 0 saturated carbocycles. The maximum absolute atomic E-state index is 12.3. The third kappa shape index (κ3) is 4.04. The number of methoxy groups -OCH3 is 1. The van der Waals surface area contributed by atoms with Gasteiger partial charge in [-0.15, -0.1) is 0 Å². The van der Waals surface area contributed by atoms with Crippen LogP contribution in [0.1, 0.15) is 27.7 Å². The van der Waals surface area contributed by atoms with E-state index in [-0.39, 0.29) is 22.9 Å². The summed E-state index contributed by atoms with van der Waals surface area (Å²) in [5.41, 5.74) is 0.875. The van der Waals surface area contributed by atoms with Gasteiger partial charge in [0, 0.05) is 5.69 Å². The van der Waals surface area contributed by atoms with E-state index in [9.17, 15) is 4.79 Å². The number of benzene rings is 1. The number of carbonyl (C=O) groups is 1. The Morgan fingerprint density at radius 2 is 1.81 bits per heavy atom. The summed E-state index contributed by atoms with van der Waals surface area (Å²) in [6.45, 7) is 17.0. The van der Waals surface area contributed by atoms with Gasteiger partial charge in [0.25, 0.3) is 0 Å². The lowest BCUT2D eigenvalue weighted by atomic mass is 9.88. The van der Waals surface area contributed by atoms with Crippen LogP contribution in [0, 0.1) is 5.92 Å². The summed E-state index contributed by atoms with van der Waals surface area (Å²) in [7, 11) is -0.269. The highest BCUT2D eigenvalue weighted by atomic mass is 28.4. The van der Waals surface area contributed by atoms with E-state index in [1.165, 1.54) is 0 Å². The van der Waals surface area contributed by atoms with Crippen molar-refractivity contribution in [2.24, 2.45) is 5.92 Å². The molecule has 1 fully saturated rings. The van der Waals surface area contributed by atoms with Crippen molar-refractivity contribution in [1.82, 2.24) is 0 Å². The summed E-state index contributed by atoms with van der Waals surface area (Å²) in [6.07, 6.45) is 3.93. The van der Waals surface area contributed by atoms with Gasteiger partial charge in [0.05, 0.1) is 24.8 Å². The SMILES string of the molecule is C=C(/C=C/[C@H]1[C@@H](C)C(=O)N1c1ccc(OC)cc1)O[Si](C)(C)C(C)(C)C. The highest BCUT2D eigenvalue weighted by Gasteiger charge is 2.43. The van der Waals surface area contributed by atoms with Gasteiger partial charge in [-0.1, -0.05) is 40.3 Å². The molecule has 1 aliphatic rings. The Balaban J connectivity index is 2.10. The van der Waals surface area contributed by atoms with Crippen LogP contribution >= 0.6 is 0 Å². The normalized spacial score (nSPS) is 20.9. The van der Waals surface area contributed by atoms with Gasteiger partial charge in [-0.2, -0.15) is 0 Å². The third-order valence-electron chi connectivity index (χ3n) is 5.46. The first kappa shape index (κ1) is 20.3. The molecule has 1 heterocycles.